The van der Waals surface area contributed by atoms with Gasteiger partial charge in [0.15, 0.2) is 0 Å². The summed E-state index contributed by atoms with van der Waals surface area (Å²) in [6, 6.07) is 17.0. The van der Waals surface area contributed by atoms with Crippen LogP contribution in [0, 0.1) is 0 Å². The number of likely N-dealkylation sites (tertiary alicyclic amines) is 1. The maximum Gasteiger partial charge on any atom is 0.0954 e. The van der Waals surface area contributed by atoms with Crippen LogP contribution in [0.3, 0.4) is 0 Å². The van der Waals surface area contributed by atoms with E-state index < -0.39 is 0 Å². The first-order chi connectivity index (χ1) is 12.3. The zero-order valence-electron chi connectivity index (χ0n) is 14.2. The van der Waals surface area contributed by atoms with Crippen molar-refractivity contribution in [2.45, 2.75) is 25.4 Å². The van der Waals surface area contributed by atoms with E-state index in [1.54, 1.807) is 0 Å². The molecule has 3 nitrogen and oxygen atoms in total. The van der Waals surface area contributed by atoms with E-state index in [1.165, 1.54) is 37.1 Å². The monoisotopic (exact) mass is 351 g/mol. The standard InChI is InChI=1S/C21H22ClN3/c22-20-6-2-1-5-19(20)21(25-14-11-23-16-25)18-9-7-17(8-10-18)15-24-12-3-4-13-24/h1-2,5-11,14,16,21H,3-4,12-13,15H2. The van der Waals surface area contributed by atoms with E-state index in [2.05, 4.69) is 44.8 Å². The van der Waals surface area contributed by atoms with E-state index in [0.717, 1.165) is 17.1 Å². The first-order valence-electron chi connectivity index (χ1n) is 8.84. The number of nitrogens with zero attached hydrogens (tertiary/aromatic N) is 3. The molecule has 1 aliphatic rings. The number of hydrogen-bond donors (Lipinski definition) is 0. The fourth-order valence-electron chi connectivity index (χ4n) is 3.64. The molecule has 2 aromatic carbocycles. The second-order valence-corrected chi connectivity index (χ2v) is 7.07. The molecule has 3 aromatic rings. The summed E-state index contributed by atoms with van der Waals surface area (Å²) in [5, 5.41) is 0.780. The average molecular weight is 352 g/mol. The molecule has 1 aliphatic heterocycles. The van der Waals surface area contributed by atoms with E-state index in [1.807, 2.05) is 36.9 Å². The molecule has 4 heteroatoms. The van der Waals surface area contributed by atoms with Crippen molar-refractivity contribution < 1.29 is 0 Å². The zero-order chi connectivity index (χ0) is 17.1. The van der Waals surface area contributed by atoms with Gasteiger partial charge in [0.05, 0.1) is 12.4 Å². The predicted octanol–water partition coefficient (Wildman–Crippen LogP) is 4.77. The van der Waals surface area contributed by atoms with Crippen LogP contribution in [-0.2, 0) is 6.54 Å². The maximum absolute atomic E-state index is 6.49. The third-order valence-electron chi connectivity index (χ3n) is 4.92. The highest BCUT2D eigenvalue weighted by Gasteiger charge is 2.19. The summed E-state index contributed by atoms with van der Waals surface area (Å²) in [6.07, 6.45) is 8.31. The minimum Gasteiger partial charge on any atom is -0.326 e. The number of imidazole rings is 1. The molecule has 0 saturated carbocycles. The van der Waals surface area contributed by atoms with Gasteiger partial charge in [0.1, 0.15) is 0 Å². The van der Waals surface area contributed by atoms with Crippen LogP contribution in [0.15, 0.2) is 67.3 Å². The van der Waals surface area contributed by atoms with Gasteiger partial charge in [0.2, 0.25) is 0 Å². The summed E-state index contributed by atoms with van der Waals surface area (Å²) in [6.45, 7) is 3.49. The first kappa shape index (κ1) is 16.4. The molecule has 4 rings (SSSR count). The van der Waals surface area contributed by atoms with Gasteiger partial charge in [0.25, 0.3) is 0 Å². The molecule has 0 spiro atoms. The van der Waals surface area contributed by atoms with E-state index in [0.29, 0.717) is 0 Å². The predicted molar refractivity (Wildman–Crippen MR) is 102 cm³/mol. The second-order valence-electron chi connectivity index (χ2n) is 6.66. The van der Waals surface area contributed by atoms with E-state index in [4.69, 9.17) is 11.6 Å². The van der Waals surface area contributed by atoms with Crippen LogP contribution in [0.5, 0.6) is 0 Å². The molecule has 1 saturated heterocycles. The smallest absolute Gasteiger partial charge is 0.0954 e. The Hall–Kier alpha value is -2.10. The highest BCUT2D eigenvalue weighted by atomic mass is 35.5. The Bertz CT molecular complexity index is 805. The van der Waals surface area contributed by atoms with E-state index in [-0.39, 0.29) is 6.04 Å². The van der Waals surface area contributed by atoms with Crippen molar-refractivity contribution in [2.24, 2.45) is 0 Å². The van der Waals surface area contributed by atoms with Crippen molar-refractivity contribution in [2.75, 3.05) is 13.1 Å². The van der Waals surface area contributed by atoms with Crippen LogP contribution in [0.25, 0.3) is 0 Å². The minimum absolute atomic E-state index is 0.0389. The van der Waals surface area contributed by atoms with Gasteiger partial charge in [-0.2, -0.15) is 0 Å². The molecule has 2 heterocycles. The molecule has 0 radical (unpaired) electrons. The number of rotatable bonds is 5. The topological polar surface area (TPSA) is 21.1 Å². The number of hydrogen-bond acceptors (Lipinski definition) is 2. The SMILES string of the molecule is Clc1ccccc1C(c1ccc(CN2CCCC2)cc1)n1ccnc1. The molecule has 0 bridgehead atoms. The van der Waals surface area contributed by atoms with Gasteiger partial charge in [-0.25, -0.2) is 4.98 Å². The van der Waals surface area contributed by atoms with Crippen LogP contribution in [0.2, 0.25) is 5.02 Å². The van der Waals surface area contributed by atoms with Gasteiger partial charge in [-0.15, -0.1) is 0 Å². The van der Waals surface area contributed by atoms with Crippen molar-refractivity contribution >= 4 is 11.6 Å². The highest BCUT2D eigenvalue weighted by molar-refractivity contribution is 6.31. The molecular formula is C21H22ClN3. The van der Waals surface area contributed by atoms with E-state index >= 15 is 0 Å². The fourth-order valence-corrected chi connectivity index (χ4v) is 3.87. The Morgan fingerprint density at radius 2 is 1.76 bits per heavy atom. The van der Waals surface area contributed by atoms with Crippen molar-refractivity contribution in [1.29, 1.82) is 0 Å². The second kappa shape index (κ2) is 7.42. The Labute approximate surface area is 153 Å². The first-order valence-corrected chi connectivity index (χ1v) is 9.22. The highest BCUT2D eigenvalue weighted by Crippen LogP contribution is 2.31. The molecular weight excluding hydrogens is 330 g/mol. The third-order valence-corrected chi connectivity index (χ3v) is 5.27. The Balaban J connectivity index is 1.64. The summed E-state index contributed by atoms with van der Waals surface area (Å²) in [4.78, 5) is 6.75. The average Bonchev–Trinajstić information content (AvgIpc) is 3.32. The Morgan fingerprint density at radius 3 is 2.44 bits per heavy atom. The molecule has 128 valence electrons. The number of benzene rings is 2. The van der Waals surface area contributed by atoms with Crippen LogP contribution in [-0.4, -0.2) is 27.5 Å². The maximum atomic E-state index is 6.49. The third kappa shape index (κ3) is 3.63. The summed E-state index contributed by atoms with van der Waals surface area (Å²) in [5.41, 5.74) is 3.68. The van der Waals surface area contributed by atoms with Gasteiger partial charge in [-0.1, -0.05) is 54.1 Å². The number of halogens is 1. The Kier molecular flexibility index (Phi) is 4.86. The zero-order valence-corrected chi connectivity index (χ0v) is 14.9. The van der Waals surface area contributed by atoms with Crippen molar-refractivity contribution in [3.05, 3.63) is 89.0 Å². The van der Waals surface area contributed by atoms with Crippen LogP contribution in [0.4, 0.5) is 0 Å². The summed E-state index contributed by atoms with van der Waals surface area (Å²) >= 11 is 6.49. The van der Waals surface area contributed by atoms with Gasteiger partial charge >= 0.3 is 0 Å². The quantitative estimate of drug-likeness (QED) is 0.660. The molecule has 1 aromatic heterocycles. The molecule has 1 unspecified atom stereocenters. The molecule has 25 heavy (non-hydrogen) atoms. The largest absolute Gasteiger partial charge is 0.326 e. The fraction of sp³-hybridized carbons (Fsp3) is 0.286. The van der Waals surface area contributed by atoms with Crippen molar-refractivity contribution in [3.63, 3.8) is 0 Å². The summed E-state index contributed by atoms with van der Waals surface area (Å²) in [7, 11) is 0. The van der Waals surface area contributed by atoms with Gasteiger partial charge in [0, 0.05) is 24.0 Å². The lowest BCUT2D eigenvalue weighted by Crippen LogP contribution is -2.18. The lowest BCUT2D eigenvalue weighted by molar-refractivity contribution is 0.331. The molecule has 0 amide bonds. The molecule has 0 aliphatic carbocycles. The van der Waals surface area contributed by atoms with Crippen molar-refractivity contribution in [3.8, 4) is 0 Å². The van der Waals surface area contributed by atoms with Crippen LogP contribution < -0.4 is 0 Å². The van der Waals surface area contributed by atoms with Crippen LogP contribution >= 0.6 is 11.6 Å². The summed E-state index contributed by atoms with van der Waals surface area (Å²) < 4.78 is 2.11. The normalized spacial score (nSPS) is 16.2. The van der Waals surface area contributed by atoms with Crippen LogP contribution in [0.1, 0.15) is 35.6 Å². The lowest BCUT2D eigenvalue weighted by atomic mass is 9.97. The van der Waals surface area contributed by atoms with E-state index in [9.17, 15) is 0 Å². The molecule has 0 N–H and O–H groups in total. The van der Waals surface area contributed by atoms with Crippen molar-refractivity contribution in [1.82, 2.24) is 14.5 Å². The minimum atomic E-state index is 0.0389. The molecule has 1 fully saturated rings. The summed E-state index contributed by atoms with van der Waals surface area (Å²) in [5.74, 6) is 0. The van der Waals surface area contributed by atoms with Gasteiger partial charge < -0.3 is 4.57 Å². The lowest BCUT2D eigenvalue weighted by Gasteiger charge is -2.21. The Morgan fingerprint density at radius 1 is 1.00 bits per heavy atom. The molecule has 1 atom stereocenters. The number of aromatic nitrogens is 2. The van der Waals surface area contributed by atoms with Gasteiger partial charge in [-0.05, 0) is 48.7 Å². The van der Waals surface area contributed by atoms with Gasteiger partial charge in [-0.3, -0.25) is 4.90 Å².